The number of pyridine rings is 1. The lowest BCUT2D eigenvalue weighted by Gasteiger charge is -2.21. The van der Waals surface area contributed by atoms with Crippen molar-refractivity contribution < 1.29 is 9.59 Å². The number of carbonyl (C=O) groups excluding carboxylic acids is 2. The van der Waals surface area contributed by atoms with Crippen LogP contribution in [0.1, 0.15) is 12.1 Å². The van der Waals surface area contributed by atoms with Crippen molar-refractivity contribution in [1.29, 1.82) is 0 Å². The summed E-state index contributed by atoms with van der Waals surface area (Å²) in [6, 6.07) is 13.2. The molecule has 1 atom stereocenters. The summed E-state index contributed by atoms with van der Waals surface area (Å²) < 4.78 is 0.912. The van der Waals surface area contributed by atoms with E-state index in [0.717, 1.165) is 15.9 Å². The summed E-state index contributed by atoms with van der Waals surface area (Å²) in [7, 11) is 1.75. The number of nitrogens with zero attached hydrogens (tertiary/aromatic N) is 3. The molecule has 24 heavy (non-hydrogen) atoms. The number of rotatable bonds is 4. The van der Waals surface area contributed by atoms with Crippen LogP contribution in [0.25, 0.3) is 0 Å². The summed E-state index contributed by atoms with van der Waals surface area (Å²) in [4.78, 5) is 32.5. The zero-order valence-electron chi connectivity index (χ0n) is 13.4. The van der Waals surface area contributed by atoms with Gasteiger partial charge >= 0.3 is 0 Å². The molecule has 1 saturated heterocycles. The molecule has 0 aliphatic carbocycles. The van der Waals surface area contributed by atoms with Gasteiger partial charge in [0.1, 0.15) is 0 Å². The fourth-order valence-electron chi connectivity index (χ4n) is 2.89. The predicted octanol–water partition coefficient (Wildman–Crippen LogP) is 2.86. The number of benzene rings is 1. The van der Waals surface area contributed by atoms with Gasteiger partial charge in [-0.05, 0) is 30.3 Å². The summed E-state index contributed by atoms with van der Waals surface area (Å²) in [6.07, 6.45) is 1.96. The van der Waals surface area contributed by atoms with Gasteiger partial charge in [-0.2, -0.15) is 0 Å². The summed E-state index contributed by atoms with van der Waals surface area (Å²) in [5.41, 5.74) is 1.65. The Morgan fingerprint density at radius 3 is 2.88 bits per heavy atom. The van der Waals surface area contributed by atoms with Gasteiger partial charge in [-0.15, -0.1) is 0 Å². The van der Waals surface area contributed by atoms with Crippen molar-refractivity contribution in [2.75, 3.05) is 18.5 Å². The van der Waals surface area contributed by atoms with Crippen molar-refractivity contribution in [3.05, 3.63) is 58.8 Å². The molecule has 1 aliphatic rings. The van der Waals surface area contributed by atoms with Crippen LogP contribution in [0, 0.1) is 5.92 Å². The van der Waals surface area contributed by atoms with Crippen LogP contribution in [0.3, 0.4) is 0 Å². The van der Waals surface area contributed by atoms with Crippen LogP contribution in [-0.4, -0.2) is 35.3 Å². The Bertz CT molecular complexity index is 751. The Labute approximate surface area is 149 Å². The molecule has 2 aromatic rings. The minimum Gasteiger partial charge on any atom is -0.340 e. The van der Waals surface area contributed by atoms with Gasteiger partial charge in [0.15, 0.2) is 0 Å². The van der Waals surface area contributed by atoms with Gasteiger partial charge in [0.25, 0.3) is 0 Å². The summed E-state index contributed by atoms with van der Waals surface area (Å²) in [6.45, 7) is 0.863. The Balaban J connectivity index is 1.67. The van der Waals surface area contributed by atoms with Gasteiger partial charge in [0, 0.05) is 36.4 Å². The molecule has 5 nitrogen and oxygen atoms in total. The number of amides is 2. The molecule has 1 aromatic carbocycles. The van der Waals surface area contributed by atoms with Gasteiger partial charge < -0.3 is 9.80 Å². The molecular weight excluding hydrogens is 370 g/mol. The molecule has 0 spiro atoms. The Morgan fingerprint density at radius 1 is 1.33 bits per heavy atom. The molecular formula is C18H18BrN3O2. The lowest BCUT2D eigenvalue weighted by Crippen LogP contribution is -2.34. The maximum Gasteiger partial charge on any atom is 0.228 e. The summed E-state index contributed by atoms with van der Waals surface area (Å²) >= 11 is 3.41. The fraction of sp³-hybridized carbons (Fsp3) is 0.278. The lowest BCUT2D eigenvalue weighted by atomic mass is 10.1. The molecule has 124 valence electrons. The highest BCUT2D eigenvalue weighted by Crippen LogP contribution is 2.28. The molecule has 0 bridgehead atoms. The zero-order valence-corrected chi connectivity index (χ0v) is 14.9. The first-order chi connectivity index (χ1) is 11.5. The largest absolute Gasteiger partial charge is 0.340 e. The molecule has 1 aromatic heterocycles. The third-order valence-electron chi connectivity index (χ3n) is 4.10. The topological polar surface area (TPSA) is 53.5 Å². The van der Waals surface area contributed by atoms with Crippen LogP contribution in [0.5, 0.6) is 0 Å². The maximum absolute atomic E-state index is 12.6. The highest BCUT2D eigenvalue weighted by molar-refractivity contribution is 9.10. The first-order valence-electron chi connectivity index (χ1n) is 7.75. The van der Waals surface area contributed by atoms with Crippen LogP contribution < -0.4 is 4.90 Å². The zero-order chi connectivity index (χ0) is 17.1. The highest BCUT2D eigenvalue weighted by Gasteiger charge is 2.36. The van der Waals surface area contributed by atoms with E-state index in [1.165, 1.54) is 0 Å². The monoisotopic (exact) mass is 387 g/mol. The quantitative estimate of drug-likeness (QED) is 0.810. The van der Waals surface area contributed by atoms with Crippen molar-refractivity contribution in [3.8, 4) is 0 Å². The number of anilines is 1. The van der Waals surface area contributed by atoms with E-state index in [1.54, 1.807) is 23.0 Å². The number of hydrogen-bond acceptors (Lipinski definition) is 3. The Kier molecular flexibility index (Phi) is 4.94. The molecule has 6 heteroatoms. The van der Waals surface area contributed by atoms with E-state index in [2.05, 4.69) is 20.9 Å². The smallest absolute Gasteiger partial charge is 0.228 e. The Hall–Kier alpha value is -2.21. The first kappa shape index (κ1) is 16.6. The molecule has 0 saturated carbocycles. The minimum atomic E-state index is -0.315. The predicted molar refractivity (Wildman–Crippen MR) is 95.3 cm³/mol. The second-order valence-electron chi connectivity index (χ2n) is 5.90. The normalized spacial score (nSPS) is 17.2. The van der Waals surface area contributed by atoms with E-state index in [4.69, 9.17) is 0 Å². The average Bonchev–Trinajstić information content (AvgIpc) is 2.97. The standard InChI is InChI=1S/C18H18BrN3O2/c1-21(12-15-6-2-3-8-20-15)18(24)13-9-17(23)22(11-13)16-7-4-5-14(19)10-16/h2-8,10,13H,9,11-12H2,1H3. The number of halogens is 1. The molecule has 0 radical (unpaired) electrons. The number of carbonyl (C=O) groups is 2. The molecule has 2 amide bonds. The lowest BCUT2D eigenvalue weighted by molar-refractivity contribution is -0.135. The van der Waals surface area contributed by atoms with E-state index in [-0.39, 0.29) is 24.2 Å². The molecule has 1 unspecified atom stereocenters. The van der Waals surface area contributed by atoms with Crippen LogP contribution in [0.15, 0.2) is 53.1 Å². The SMILES string of the molecule is CN(Cc1ccccn1)C(=O)C1CC(=O)N(c2cccc(Br)c2)C1. The fourth-order valence-corrected chi connectivity index (χ4v) is 3.28. The van der Waals surface area contributed by atoms with Crippen molar-refractivity contribution in [1.82, 2.24) is 9.88 Å². The van der Waals surface area contributed by atoms with E-state index >= 15 is 0 Å². The molecule has 2 heterocycles. The second kappa shape index (κ2) is 7.13. The van der Waals surface area contributed by atoms with Crippen molar-refractivity contribution in [3.63, 3.8) is 0 Å². The second-order valence-corrected chi connectivity index (χ2v) is 6.82. The van der Waals surface area contributed by atoms with E-state index < -0.39 is 0 Å². The van der Waals surface area contributed by atoms with Gasteiger partial charge in [-0.25, -0.2) is 0 Å². The van der Waals surface area contributed by atoms with Crippen molar-refractivity contribution in [2.24, 2.45) is 5.92 Å². The van der Waals surface area contributed by atoms with Crippen molar-refractivity contribution >= 4 is 33.4 Å². The number of aromatic nitrogens is 1. The van der Waals surface area contributed by atoms with E-state index in [9.17, 15) is 9.59 Å². The molecule has 1 aliphatic heterocycles. The van der Waals surface area contributed by atoms with Gasteiger partial charge in [-0.1, -0.05) is 28.1 Å². The average molecular weight is 388 g/mol. The van der Waals surface area contributed by atoms with Crippen LogP contribution in [0.2, 0.25) is 0 Å². The summed E-state index contributed by atoms with van der Waals surface area (Å²) in [5, 5.41) is 0. The third kappa shape index (κ3) is 3.64. The van der Waals surface area contributed by atoms with Gasteiger partial charge in [0.05, 0.1) is 18.2 Å². The van der Waals surface area contributed by atoms with Crippen molar-refractivity contribution in [2.45, 2.75) is 13.0 Å². The molecule has 0 N–H and O–H groups in total. The molecule has 3 rings (SSSR count). The highest BCUT2D eigenvalue weighted by atomic mass is 79.9. The minimum absolute atomic E-state index is 0.0160. The van der Waals surface area contributed by atoms with Crippen LogP contribution >= 0.6 is 15.9 Å². The maximum atomic E-state index is 12.6. The van der Waals surface area contributed by atoms with Gasteiger partial charge in [0.2, 0.25) is 11.8 Å². The molecule has 1 fully saturated rings. The van der Waals surface area contributed by atoms with Crippen LogP contribution in [-0.2, 0) is 16.1 Å². The van der Waals surface area contributed by atoms with Gasteiger partial charge in [-0.3, -0.25) is 14.6 Å². The Morgan fingerprint density at radius 2 is 2.17 bits per heavy atom. The van der Waals surface area contributed by atoms with E-state index in [0.29, 0.717) is 13.1 Å². The first-order valence-corrected chi connectivity index (χ1v) is 8.54. The van der Waals surface area contributed by atoms with Crippen LogP contribution in [0.4, 0.5) is 5.69 Å². The number of hydrogen-bond donors (Lipinski definition) is 0. The summed E-state index contributed by atoms with van der Waals surface area (Å²) in [5.74, 6) is -0.352. The van der Waals surface area contributed by atoms with E-state index in [1.807, 2.05) is 42.5 Å². The third-order valence-corrected chi connectivity index (χ3v) is 4.59.